The monoisotopic (exact) mass is 230 g/mol. The Hall–Kier alpha value is -2.30. The van der Waals surface area contributed by atoms with Crippen molar-refractivity contribution in [1.82, 2.24) is 9.97 Å². The highest BCUT2D eigenvalue weighted by Gasteiger charge is 2.03. The summed E-state index contributed by atoms with van der Waals surface area (Å²) in [7, 11) is 0. The van der Waals surface area contributed by atoms with E-state index >= 15 is 0 Å². The molecule has 0 atom stereocenters. The lowest BCUT2D eigenvalue weighted by Crippen LogP contribution is -2.15. The smallest absolute Gasteiger partial charge is 0.255 e. The molecule has 0 unspecified atom stereocenters. The van der Waals surface area contributed by atoms with E-state index in [0.717, 1.165) is 5.69 Å². The number of nitrogens with one attached hydrogen (secondary N) is 2. The fourth-order valence-electron chi connectivity index (χ4n) is 1.41. The molecule has 1 aromatic carbocycles. The maximum Gasteiger partial charge on any atom is 0.255 e. The third kappa shape index (κ3) is 2.44. The molecule has 88 valence electrons. The molecule has 0 bridgehead atoms. The van der Waals surface area contributed by atoms with Crippen molar-refractivity contribution < 1.29 is 0 Å². The number of nitrogen functional groups attached to an aromatic ring is 1. The average Bonchev–Trinajstić information content (AvgIpc) is 2.29. The van der Waals surface area contributed by atoms with E-state index in [1.807, 2.05) is 12.1 Å². The molecule has 17 heavy (non-hydrogen) atoms. The van der Waals surface area contributed by atoms with E-state index in [2.05, 4.69) is 15.3 Å². The Morgan fingerprint density at radius 3 is 2.47 bits per heavy atom. The lowest BCUT2D eigenvalue weighted by molar-refractivity contribution is 1.03. The first-order chi connectivity index (χ1) is 8.06. The number of nitrogens with two attached hydrogens (primary N) is 1. The second kappa shape index (κ2) is 4.29. The number of benzene rings is 1. The molecule has 2 aromatic rings. The van der Waals surface area contributed by atoms with Crippen LogP contribution in [0.3, 0.4) is 0 Å². The fourth-order valence-corrected chi connectivity index (χ4v) is 1.41. The van der Waals surface area contributed by atoms with Gasteiger partial charge < -0.3 is 11.1 Å². The highest BCUT2D eigenvalue weighted by atomic mass is 16.1. The molecule has 0 radical (unpaired) electrons. The van der Waals surface area contributed by atoms with Crippen LogP contribution in [0.4, 0.5) is 17.3 Å². The van der Waals surface area contributed by atoms with Crippen molar-refractivity contribution in [2.75, 3.05) is 11.1 Å². The number of hydrogen-bond donors (Lipinski definition) is 3. The van der Waals surface area contributed by atoms with Crippen molar-refractivity contribution in [3.05, 3.63) is 45.9 Å². The Kier molecular flexibility index (Phi) is 2.82. The standard InChI is InChI=1S/C12H14N4O/c1-7-8(2)14-12(16-11(7)17)15-10-5-3-9(13)4-6-10/h3-6H,13H2,1-2H3,(H2,14,15,16,17). The first-order valence-electron chi connectivity index (χ1n) is 5.26. The summed E-state index contributed by atoms with van der Waals surface area (Å²) in [5, 5.41) is 3.02. The zero-order valence-corrected chi connectivity index (χ0v) is 9.74. The van der Waals surface area contributed by atoms with Gasteiger partial charge in [0.1, 0.15) is 0 Å². The third-order valence-corrected chi connectivity index (χ3v) is 2.57. The van der Waals surface area contributed by atoms with Gasteiger partial charge in [0.15, 0.2) is 0 Å². The molecule has 0 aliphatic heterocycles. The summed E-state index contributed by atoms with van der Waals surface area (Å²) in [5.41, 5.74) is 8.32. The summed E-state index contributed by atoms with van der Waals surface area (Å²) >= 11 is 0. The van der Waals surface area contributed by atoms with Gasteiger partial charge in [-0.2, -0.15) is 0 Å². The van der Waals surface area contributed by atoms with Gasteiger partial charge in [-0.1, -0.05) is 0 Å². The summed E-state index contributed by atoms with van der Waals surface area (Å²) in [5.74, 6) is 0.433. The van der Waals surface area contributed by atoms with E-state index in [-0.39, 0.29) is 5.56 Å². The van der Waals surface area contributed by atoms with Gasteiger partial charge in [-0.15, -0.1) is 0 Å². The van der Waals surface area contributed by atoms with Crippen molar-refractivity contribution in [1.29, 1.82) is 0 Å². The van der Waals surface area contributed by atoms with Crippen molar-refractivity contribution >= 4 is 17.3 Å². The number of H-pyrrole nitrogens is 1. The Labute approximate surface area is 98.7 Å². The molecular weight excluding hydrogens is 216 g/mol. The van der Waals surface area contributed by atoms with Gasteiger partial charge in [-0.25, -0.2) is 4.98 Å². The predicted octanol–water partition coefficient (Wildman–Crippen LogP) is 1.71. The number of nitrogens with zero attached hydrogens (tertiary/aromatic N) is 1. The maximum absolute atomic E-state index is 11.5. The van der Waals surface area contributed by atoms with E-state index in [0.29, 0.717) is 22.9 Å². The summed E-state index contributed by atoms with van der Waals surface area (Å²) in [4.78, 5) is 18.5. The normalized spacial score (nSPS) is 10.2. The number of aryl methyl sites for hydroxylation is 1. The summed E-state index contributed by atoms with van der Waals surface area (Å²) in [6.07, 6.45) is 0. The maximum atomic E-state index is 11.5. The van der Waals surface area contributed by atoms with Crippen LogP contribution in [-0.2, 0) is 0 Å². The van der Waals surface area contributed by atoms with Crippen LogP contribution < -0.4 is 16.6 Å². The molecule has 0 amide bonds. The number of hydrogen-bond acceptors (Lipinski definition) is 4. The van der Waals surface area contributed by atoms with Gasteiger partial charge in [-0.3, -0.25) is 9.78 Å². The molecule has 1 aromatic heterocycles. The molecular formula is C12H14N4O. The SMILES string of the molecule is Cc1nc(Nc2ccc(N)cc2)[nH]c(=O)c1C. The van der Waals surface area contributed by atoms with E-state index in [9.17, 15) is 4.79 Å². The van der Waals surface area contributed by atoms with Crippen LogP contribution >= 0.6 is 0 Å². The molecule has 0 aliphatic rings. The van der Waals surface area contributed by atoms with Crippen molar-refractivity contribution in [2.45, 2.75) is 13.8 Å². The molecule has 5 heteroatoms. The van der Waals surface area contributed by atoms with Crippen molar-refractivity contribution in [3.8, 4) is 0 Å². The quantitative estimate of drug-likeness (QED) is 0.686. The van der Waals surface area contributed by atoms with Crippen LogP contribution in [0.5, 0.6) is 0 Å². The molecule has 0 fully saturated rings. The Balaban J connectivity index is 2.30. The van der Waals surface area contributed by atoms with Gasteiger partial charge in [0.25, 0.3) is 5.56 Å². The topological polar surface area (TPSA) is 83.8 Å². The zero-order chi connectivity index (χ0) is 12.4. The first-order valence-corrected chi connectivity index (χ1v) is 5.26. The molecule has 0 spiro atoms. The highest BCUT2D eigenvalue weighted by molar-refractivity contribution is 5.57. The van der Waals surface area contributed by atoms with Crippen LogP contribution in [0.1, 0.15) is 11.3 Å². The van der Waals surface area contributed by atoms with Crippen molar-refractivity contribution in [2.24, 2.45) is 0 Å². The molecule has 4 N–H and O–H groups in total. The number of anilines is 3. The molecule has 0 aliphatic carbocycles. The molecule has 0 saturated heterocycles. The van der Waals surface area contributed by atoms with E-state index < -0.39 is 0 Å². The van der Waals surface area contributed by atoms with Crippen LogP contribution in [0.25, 0.3) is 0 Å². The number of aromatic nitrogens is 2. The van der Waals surface area contributed by atoms with Crippen LogP contribution in [-0.4, -0.2) is 9.97 Å². The molecule has 1 heterocycles. The second-order valence-electron chi connectivity index (χ2n) is 3.87. The lowest BCUT2D eigenvalue weighted by atomic mass is 10.3. The van der Waals surface area contributed by atoms with Gasteiger partial charge in [0, 0.05) is 22.6 Å². The third-order valence-electron chi connectivity index (χ3n) is 2.57. The van der Waals surface area contributed by atoms with Crippen LogP contribution in [0.15, 0.2) is 29.1 Å². The second-order valence-corrected chi connectivity index (χ2v) is 3.87. The minimum atomic E-state index is -0.129. The van der Waals surface area contributed by atoms with Gasteiger partial charge >= 0.3 is 0 Å². The predicted molar refractivity (Wildman–Crippen MR) is 68.5 cm³/mol. The van der Waals surface area contributed by atoms with E-state index in [1.54, 1.807) is 26.0 Å². The zero-order valence-electron chi connectivity index (χ0n) is 9.74. The summed E-state index contributed by atoms with van der Waals surface area (Å²) in [6.45, 7) is 3.55. The van der Waals surface area contributed by atoms with Gasteiger partial charge in [0.2, 0.25) is 5.95 Å². The Morgan fingerprint density at radius 1 is 1.24 bits per heavy atom. The summed E-state index contributed by atoms with van der Waals surface area (Å²) in [6, 6.07) is 7.21. The van der Waals surface area contributed by atoms with Crippen LogP contribution in [0, 0.1) is 13.8 Å². The molecule has 0 saturated carbocycles. The highest BCUT2D eigenvalue weighted by Crippen LogP contribution is 2.14. The van der Waals surface area contributed by atoms with Crippen molar-refractivity contribution in [3.63, 3.8) is 0 Å². The van der Waals surface area contributed by atoms with Gasteiger partial charge in [-0.05, 0) is 38.1 Å². The fraction of sp³-hybridized carbons (Fsp3) is 0.167. The number of rotatable bonds is 2. The van der Waals surface area contributed by atoms with E-state index in [4.69, 9.17) is 5.73 Å². The van der Waals surface area contributed by atoms with Crippen LogP contribution in [0.2, 0.25) is 0 Å². The first kappa shape index (κ1) is 11.2. The number of aromatic amines is 1. The molecule has 5 nitrogen and oxygen atoms in total. The average molecular weight is 230 g/mol. The Morgan fingerprint density at radius 2 is 1.88 bits per heavy atom. The van der Waals surface area contributed by atoms with Gasteiger partial charge in [0.05, 0.1) is 0 Å². The summed E-state index contributed by atoms with van der Waals surface area (Å²) < 4.78 is 0. The van der Waals surface area contributed by atoms with E-state index in [1.165, 1.54) is 0 Å². The minimum Gasteiger partial charge on any atom is -0.399 e. The minimum absolute atomic E-state index is 0.129. The largest absolute Gasteiger partial charge is 0.399 e. The molecule has 2 rings (SSSR count). The Bertz CT molecular complexity index is 586. The lowest BCUT2D eigenvalue weighted by Gasteiger charge is -2.07.